The topological polar surface area (TPSA) is 77.4 Å². The molecule has 6 heteroatoms. The fourth-order valence-electron chi connectivity index (χ4n) is 1.90. The summed E-state index contributed by atoms with van der Waals surface area (Å²) in [7, 11) is 4.59. The number of benzene rings is 1. The summed E-state index contributed by atoms with van der Waals surface area (Å²) >= 11 is 0. The lowest BCUT2D eigenvalue weighted by Gasteiger charge is -2.30. The van der Waals surface area contributed by atoms with Gasteiger partial charge in [0.15, 0.2) is 5.79 Å². The molecule has 0 spiro atoms. The van der Waals surface area contributed by atoms with E-state index in [1.165, 1.54) is 14.2 Å². The third-order valence-corrected chi connectivity index (χ3v) is 3.60. The number of methoxy groups -OCH3 is 3. The Bertz CT molecular complexity index is 415. The van der Waals surface area contributed by atoms with Crippen molar-refractivity contribution in [2.45, 2.75) is 37.9 Å². The smallest absolute Gasteiger partial charge is 0.167 e. The standard InChI is InChI=1S/C16H26O6/c1-16(20-3,21-4)9-14(17)15(18)11-22-10-12-5-7-13(19-2)8-6-12/h5-8,14-15,17-18H,9-11H2,1-4H3/t14-,15-/m0/s1. The van der Waals surface area contributed by atoms with Gasteiger partial charge in [0.1, 0.15) is 11.9 Å². The van der Waals surface area contributed by atoms with Gasteiger partial charge in [0.05, 0.1) is 26.4 Å². The van der Waals surface area contributed by atoms with Gasteiger partial charge in [-0.15, -0.1) is 0 Å². The zero-order chi connectivity index (χ0) is 16.6. The molecule has 0 fully saturated rings. The van der Waals surface area contributed by atoms with Crippen LogP contribution in [0.5, 0.6) is 5.75 Å². The van der Waals surface area contributed by atoms with Crippen LogP contribution in [0.2, 0.25) is 0 Å². The molecule has 2 N–H and O–H groups in total. The average molecular weight is 314 g/mol. The Hall–Kier alpha value is -1.18. The lowest BCUT2D eigenvalue weighted by atomic mass is 10.1. The molecule has 126 valence electrons. The predicted molar refractivity (Wildman–Crippen MR) is 81.7 cm³/mol. The van der Waals surface area contributed by atoms with Crippen LogP contribution in [0.4, 0.5) is 0 Å². The van der Waals surface area contributed by atoms with Crippen molar-refractivity contribution in [3.8, 4) is 5.75 Å². The van der Waals surface area contributed by atoms with E-state index in [-0.39, 0.29) is 13.0 Å². The summed E-state index contributed by atoms with van der Waals surface area (Å²) < 4.78 is 20.8. The molecular weight excluding hydrogens is 288 g/mol. The molecule has 0 aliphatic rings. The minimum absolute atomic E-state index is 0.0245. The fraction of sp³-hybridized carbons (Fsp3) is 0.625. The molecule has 0 aliphatic carbocycles. The Labute approximate surface area is 131 Å². The number of rotatable bonds is 10. The van der Waals surface area contributed by atoms with Crippen LogP contribution in [-0.4, -0.2) is 56.1 Å². The second-order valence-electron chi connectivity index (χ2n) is 5.24. The molecule has 1 aromatic carbocycles. The van der Waals surface area contributed by atoms with E-state index in [9.17, 15) is 10.2 Å². The summed E-state index contributed by atoms with van der Waals surface area (Å²) in [5, 5.41) is 19.9. The van der Waals surface area contributed by atoms with Crippen LogP contribution in [0.25, 0.3) is 0 Å². The molecule has 1 aromatic rings. The van der Waals surface area contributed by atoms with Crippen LogP contribution in [0.15, 0.2) is 24.3 Å². The molecule has 6 nitrogen and oxygen atoms in total. The fourth-order valence-corrected chi connectivity index (χ4v) is 1.90. The van der Waals surface area contributed by atoms with Crippen molar-refractivity contribution in [1.82, 2.24) is 0 Å². The molecular formula is C16H26O6. The summed E-state index contributed by atoms with van der Waals surface area (Å²) in [6.07, 6.45) is -1.86. The zero-order valence-corrected chi connectivity index (χ0v) is 13.6. The van der Waals surface area contributed by atoms with E-state index in [1.807, 2.05) is 24.3 Å². The molecule has 0 radical (unpaired) electrons. The maximum absolute atomic E-state index is 9.97. The van der Waals surface area contributed by atoms with Gasteiger partial charge >= 0.3 is 0 Å². The van der Waals surface area contributed by atoms with Crippen LogP contribution >= 0.6 is 0 Å². The second kappa shape index (κ2) is 9.07. The van der Waals surface area contributed by atoms with Crippen molar-refractivity contribution in [1.29, 1.82) is 0 Å². The van der Waals surface area contributed by atoms with Crippen molar-refractivity contribution in [3.63, 3.8) is 0 Å². The first-order chi connectivity index (χ1) is 10.4. The lowest BCUT2D eigenvalue weighted by Crippen LogP contribution is -2.40. The van der Waals surface area contributed by atoms with E-state index in [4.69, 9.17) is 18.9 Å². The van der Waals surface area contributed by atoms with Crippen LogP contribution in [0.3, 0.4) is 0 Å². The van der Waals surface area contributed by atoms with Gasteiger partial charge < -0.3 is 29.2 Å². The molecule has 0 heterocycles. The summed E-state index contributed by atoms with van der Waals surface area (Å²) in [5.74, 6) is -0.159. The molecule has 22 heavy (non-hydrogen) atoms. The largest absolute Gasteiger partial charge is 0.497 e. The van der Waals surface area contributed by atoms with Gasteiger partial charge in [0.25, 0.3) is 0 Å². The SMILES string of the molecule is COc1ccc(COC[C@H](O)[C@@H](O)CC(C)(OC)OC)cc1. The van der Waals surface area contributed by atoms with Gasteiger partial charge in [-0.05, 0) is 24.6 Å². The van der Waals surface area contributed by atoms with Crippen molar-refractivity contribution in [3.05, 3.63) is 29.8 Å². The molecule has 0 saturated heterocycles. The minimum atomic E-state index is -1.01. The Kier molecular flexibility index (Phi) is 7.78. The van der Waals surface area contributed by atoms with Gasteiger partial charge in [-0.25, -0.2) is 0 Å². The van der Waals surface area contributed by atoms with Gasteiger partial charge in [-0.2, -0.15) is 0 Å². The van der Waals surface area contributed by atoms with E-state index in [0.717, 1.165) is 11.3 Å². The van der Waals surface area contributed by atoms with Gasteiger partial charge in [0.2, 0.25) is 0 Å². The number of ether oxygens (including phenoxy) is 4. The first-order valence-corrected chi connectivity index (χ1v) is 7.11. The maximum atomic E-state index is 9.97. The normalized spacial score (nSPS) is 14.6. The Morgan fingerprint density at radius 1 is 1.00 bits per heavy atom. The van der Waals surface area contributed by atoms with Crippen LogP contribution in [0, 0.1) is 0 Å². The second-order valence-corrected chi connectivity index (χ2v) is 5.24. The van der Waals surface area contributed by atoms with E-state index in [0.29, 0.717) is 6.61 Å². The number of aliphatic hydroxyl groups excluding tert-OH is 2. The molecule has 0 unspecified atom stereocenters. The van der Waals surface area contributed by atoms with E-state index in [1.54, 1.807) is 14.0 Å². The van der Waals surface area contributed by atoms with Crippen LogP contribution < -0.4 is 4.74 Å². The van der Waals surface area contributed by atoms with E-state index >= 15 is 0 Å². The summed E-state index contributed by atoms with van der Waals surface area (Å²) in [6.45, 7) is 2.07. The number of hydrogen-bond donors (Lipinski definition) is 2. The molecule has 0 amide bonds. The third kappa shape index (κ3) is 5.90. The maximum Gasteiger partial charge on any atom is 0.167 e. The van der Waals surface area contributed by atoms with Crippen LogP contribution in [0.1, 0.15) is 18.9 Å². The zero-order valence-electron chi connectivity index (χ0n) is 13.6. The summed E-state index contributed by atoms with van der Waals surface area (Å²) in [6, 6.07) is 7.45. The molecule has 0 bridgehead atoms. The number of aliphatic hydroxyl groups is 2. The highest BCUT2D eigenvalue weighted by Crippen LogP contribution is 2.19. The Morgan fingerprint density at radius 3 is 2.09 bits per heavy atom. The Morgan fingerprint density at radius 2 is 1.59 bits per heavy atom. The third-order valence-electron chi connectivity index (χ3n) is 3.60. The van der Waals surface area contributed by atoms with Gasteiger partial charge in [-0.1, -0.05) is 12.1 Å². The highest BCUT2D eigenvalue weighted by atomic mass is 16.7. The summed E-state index contributed by atoms with van der Waals surface area (Å²) in [4.78, 5) is 0. The molecule has 0 aliphatic heterocycles. The molecule has 0 saturated carbocycles. The summed E-state index contributed by atoms with van der Waals surface area (Å²) in [5.41, 5.74) is 0.959. The monoisotopic (exact) mass is 314 g/mol. The molecule has 0 aromatic heterocycles. The minimum Gasteiger partial charge on any atom is -0.497 e. The Balaban J connectivity index is 2.36. The van der Waals surface area contributed by atoms with E-state index in [2.05, 4.69) is 0 Å². The average Bonchev–Trinajstić information content (AvgIpc) is 2.55. The quantitative estimate of drug-likeness (QED) is 0.635. The number of hydrogen-bond acceptors (Lipinski definition) is 6. The van der Waals surface area contributed by atoms with Gasteiger partial charge in [0, 0.05) is 20.6 Å². The van der Waals surface area contributed by atoms with Crippen molar-refractivity contribution < 1.29 is 29.2 Å². The van der Waals surface area contributed by atoms with Gasteiger partial charge in [-0.3, -0.25) is 0 Å². The highest BCUT2D eigenvalue weighted by molar-refractivity contribution is 5.26. The highest BCUT2D eigenvalue weighted by Gasteiger charge is 2.30. The molecule has 2 atom stereocenters. The van der Waals surface area contributed by atoms with Crippen molar-refractivity contribution >= 4 is 0 Å². The molecule has 1 rings (SSSR count). The lowest BCUT2D eigenvalue weighted by molar-refractivity contribution is -0.217. The predicted octanol–water partition coefficient (Wildman–Crippen LogP) is 1.33. The van der Waals surface area contributed by atoms with Crippen molar-refractivity contribution in [2.24, 2.45) is 0 Å². The first-order valence-electron chi connectivity index (χ1n) is 7.11. The first kappa shape index (κ1) is 18.9. The van der Waals surface area contributed by atoms with E-state index < -0.39 is 18.0 Å². The van der Waals surface area contributed by atoms with Crippen molar-refractivity contribution in [2.75, 3.05) is 27.9 Å². The van der Waals surface area contributed by atoms with Crippen LogP contribution in [-0.2, 0) is 20.8 Å².